The third-order valence-corrected chi connectivity index (χ3v) is 2.92. The van der Waals surface area contributed by atoms with Gasteiger partial charge in [0.05, 0.1) is 12.6 Å². The fourth-order valence-corrected chi connectivity index (χ4v) is 2.20. The van der Waals surface area contributed by atoms with Gasteiger partial charge < -0.3 is 5.11 Å². The van der Waals surface area contributed by atoms with E-state index in [0.29, 0.717) is 13.0 Å². The lowest BCUT2D eigenvalue weighted by atomic mass is 9.92. The van der Waals surface area contributed by atoms with Crippen molar-refractivity contribution in [2.24, 2.45) is 0 Å². The second kappa shape index (κ2) is 5.16. The van der Waals surface area contributed by atoms with Crippen LogP contribution in [-0.4, -0.2) is 41.4 Å². The van der Waals surface area contributed by atoms with Crippen molar-refractivity contribution in [2.75, 3.05) is 13.1 Å². The number of rotatable bonds is 3. The number of alkyl halides is 3. The van der Waals surface area contributed by atoms with Crippen LogP contribution in [0.4, 0.5) is 13.2 Å². The Balaban J connectivity index is 2.50. The van der Waals surface area contributed by atoms with Crippen LogP contribution in [0.5, 0.6) is 0 Å². The van der Waals surface area contributed by atoms with E-state index in [-0.39, 0.29) is 6.04 Å². The van der Waals surface area contributed by atoms with Crippen molar-refractivity contribution in [3.8, 4) is 0 Å². The van der Waals surface area contributed by atoms with Crippen LogP contribution in [-0.2, 0) is 0 Å². The largest absolute Gasteiger partial charge is 0.401 e. The van der Waals surface area contributed by atoms with Crippen molar-refractivity contribution >= 4 is 0 Å². The zero-order chi connectivity index (χ0) is 11.5. The van der Waals surface area contributed by atoms with Gasteiger partial charge in [0.2, 0.25) is 0 Å². The average Bonchev–Trinajstić information content (AvgIpc) is 2.13. The Labute approximate surface area is 88.1 Å². The second-order valence-corrected chi connectivity index (χ2v) is 4.15. The Morgan fingerprint density at radius 2 is 2.00 bits per heavy atom. The first-order valence-corrected chi connectivity index (χ1v) is 5.41. The first kappa shape index (κ1) is 12.8. The molecule has 0 aliphatic heterocycles. The first-order valence-electron chi connectivity index (χ1n) is 5.41. The molecular weight excluding hydrogens is 207 g/mol. The summed E-state index contributed by atoms with van der Waals surface area (Å²) in [5.41, 5.74) is 0. The zero-order valence-electron chi connectivity index (χ0n) is 8.93. The standard InChI is InChI=1S/C10H18F3NO/c1-2-14(7-10(11,12)13)8-4-3-5-9(15)6-8/h8-9,15H,2-7H2,1H3. The summed E-state index contributed by atoms with van der Waals surface area (Å²) in [7, 11) is 0. The zero-order valence-corrected chi connectivity index (χ0v) is 8.93. The summed E-state index contributed by atoms with van der Waals surface area (Å²) in [6, 6.07) is -0.111. The van der Waals surface area contributed by atoms with Crippen LogP contribution in [0.2, 0.25) is 0 Å². The van der Waals surface area contributed by atoms with Crippen molar-refractivity contribution in [3.63, 3.8) is 0 Å². The molecule has 0 aromatic rings. The molecule has 1 aliphatic carbocycles. The minimum Gasteiger partial charge on any atom is -0.393 e. The Kier molecular flexibility index (Phi) is 4.40. The number of aliphatic hydroxyl groups is 1. The number of halogens is 3. The molecular formula is C10H18F3NO. The molecule has 1 aliphatic rings. The highest BCUT2D eigenvalue weighted by Gasteiger charge is 2.34. The minimum atomic E-state index is -4.14. The summed E-state index contributed by atoms with van der Waals surface area (Å²) < 4.78 is 36.7. The SMILES string of the molecule is CCN(CC(F)(F)F)C1CCCC(O)C1. The molecule has 0 radical (unpaired) electrons. The summed E-state index contributed by atoms with van der Waals surface area (Å²) in [6.07, 6.45) is -1.78. The third kappa shape index (κ3) is 4.38. The van der Waals surface area contributed by atoms with E-state index in [2.05, 4.69) is 0 Å². The molecule has 5 heteroatoms. The molecule has 0 amide bonds. The van der Waals surface area contributed by atoms with Gasteiger partial charge in [-0.3, -0.25) is 4.90 Å². The van der Waals surface area contributed by atoms with Crippen LogP contribution in [0.1, 0.15) is 32.6 Å². The molecule has 90 valence electrons. The second-order valence-electron chi connectivity index (χ2n) is 4.15. The van der Waals surface area contributed by atoms with Crippen molar-refractivity contribution in [2.45, 2.75) is 50.9 Å². The molecule has 0 spiro atoms. The van der Waals surface area contributed by atoms with Gasteiger partial charge in [0.25, 0.3) is 0 Å². The summed E-state index contributed by atoms with van der Waals surface area (Å²) in [5, 5.41) is 9.41. The fourth-order valence-electron chi connectivity index (χ4n) is 2.20. The summed E-state index contributed by atoms with van der Waals surface area (Å²) in [6.45, 7) is 1.25. The van der Waals surface area contributed by atoms with E-state index >= 15 is 0 Å². The lowest BCUT2D eigenvalue weighted by Gasteiger charge is -2.35. The molecule has 0 heterocycles. The maximum absolute atomic E-state index is 12.2. The van der Waals surface area contributed by atoms with Gasteiger partial charge in [-0.05, 0) is 32.2 Å². The van der Waals surface area contributed by atoms with E-state index < -0.39 is 18.8 Å². The smallest absolute Gasteiger partial charge is 0.393 e. The number of aliphatic hydroxyl groups excluding tert-OH is 1. The van der Waals surface area contributed by atoms with Gasteiger partial charge >= 0.3 is 6.18 Å². The topological polar surface area (TPSA) is 23.5 Å². The maximum Gasteiger partial charge on any atom is 0.401 e. The maximum atomic E-state index is 12.2. The molecule has 0 aromatic heterocycles. The molecule has 15 heavy (non-hydrogen) atoms. The molecule has 2 atom stereocenters. The Morgan fingerprint density at radius 1 is 1.33 bits per heavy atom. The van der Waals surface area contributed by atoms with Crippen molar-refractivity contribution < 1.29 is 18.3 Å². The predicted molar refractivity (Wildman–Crippen MR) is 51.6 cm³/mol. The Morgan fingerprint density at radius 3 is 2.47 bits per heavy atom. The monoisotopic (exact) mass is 225 g/mol. The Bertz CT molecular complexity index is 196. The molecule has 2 unspecified atom stereocenters. The van der Waals surface area contributed by atoms with Crippen LogP contribution in [0.15, 0.2) is 0 Å². The normalized spacial score (nSPS) is 28.4. The third-order valence-electron chi connectivity index (χ3n) is 2.92. The van der Waals surface area contributed by atoms with E-state index in [0.717, 1.165) is 19.3 Å². The molecule has 0 bridgehead atoms. The molecule has 1 N–H and O–H groups in total. The molecule has 0 aromatic carbocycles. The van der Waals surface area contributed by atoms with Gasteiger partial charge in [0.15, 0.2) is 0 Å². The van der Waals surface area contributed by atoms with Gasteiger partial charge in [-0.25, -0.2) is 0 Å². The fraction of sp³-hybridized carbons (Fsp3) is 1.00. The number of nitrogens with zero attached hydrogens (tertiary/aromatic N) is 1. The quantitative estimate of drug-likeness (QED) is 0.795. The lowest BCUT2D eigenvalue weighted by molar-refractivity contribution is -0.153. The minimum absolute atomic E-state index is 0.111. The van der Waals surface area contributed by atoms with Crippen molar-refractivity contribution in [1.29, 1.82) is 0 Å². The van der Waals surface area contributed by atoms with Crippen LogP contribution < -0.4 is 0 Å². The summed E-state index contributed by atoms with van der Waals surface area (Å²) in [4.78, 5) is 1.42. The van der Waals surface area contributed by atoms with Gasteiger partial charge in [-0.15, -0.1) is 0 Å². The Hall–Kier alpha value is -0.290. The molecule has 1 rings (SSSR count). The van der Waals surface area contributed by atoms with Crippen molar-refractivity contribution in [1.82, 2.24) is 4.90 Å². The van der Waals surface area contributed by atoms with Gasteiger partial charge in [0.1, 0.15) is 0 Å². The van der Waals surface area contributed by atoms with Gasteiger partial charge in [0, 0.05) is 6.04 Å². The van der Waals surface area contributed by atoms with E-state index in [9.17, 15) is 18.3 Å². The van der Waals surface area contributed by atoms with Crippen LogP contribution >= 0.6 is 0 Å². The predicted octanol–water partition coefficient (Wildman–Crippen LogP) is 2.17. The van der Waals surface area contributed by atoms with Crippen LogP contribution in [0, 0.1) is 0 Å². The molecule has 0 saturated heterocycles. The summed E-state index contributed by atoms with van der Waals surface area (Å²) >= 11 is 0. The van der Waals surface area contributed by atoms with E-state index in [1.807, 2.05) is 0 Å². The highest BCUT2D eigenvalue weighted by molar-refractivity contribution is 4.80. The molecule has 1 saturated carbocycles. The highest BCUT2D eigenvalue weighted by Crippen LogP contribution is 2.26. The van der Waals surface area contributed by atoms with E-state index in [1.165, 1.54) is 4.90 Å². The van der Waals surface area contributed by atoms with E-state index in [4.69, 9.17) is 0 Å². The van der Waals surface area contributed by atoms with Gasteiger partial charge in [-0.2, -0.15) is 13.2 Å². The lowest BCUT2D eigenvalue weighted by Crippen LogP contribution is -2.44. The van der Waals surface area contributed by atoms with E-state index in [1.54, 1.807) is 6.92 Å². The molecule has 2 nitrogen and oxygen atoms in total. The highest BCUT2D eigenvalue weighted by atomic mass is 19.4. The number of hydrogen-bond acceptors (Lipinski definition) is 2. The van der Waals surface area contributed by atoms with Crippen molar-refractivity contribution in [3.05, 3.63) is 0 Å². The first-order chi connectivity index (χ1) is 6.92. The molecule has 1 fully saturated rings. The van der Waals surface area contributed by atoms with Gasteiger partial charge in [-0.1, -0.05) is 6.92 Å². The van der Waals surface area contributed by atoms with Crippen LogP contribution in [0.3, 0.4) is 0 Å². The van der Waals surface area contributed by atoms with Crippen LogP contribution in [0.25, 0.3) is 0 Å². The summed E-state index contributed by atoms with van der Waals surface area (Å²) in [5.74, 6) is 0. The average molecular weight is 225 g/mol. The number of hydrogen-bond donors (Lipinski definition) is 1.